The van der Waals surface area contributed by atoms with Crippen molar-refractivity contribution < 1.29 is 4.79 Å². The Bertz CT molecular complexity index is 947. The summed E-state index contributed by atoms with van der Waals surface area (Å²) in [7, 11) is 1.79. The normalized spacial score (nSPS) is 10.1. The topological polar surface area (TPSA) is 91.0 Å². The van der Waals surface area contributed by atoms with Crippen molar-refractivity contribution in [3.05, 3.63) is 58.6 Å². The second-order valence-electron chi connectivity index (χ2n) is 5.31. The molecule has 0 bridgehead atoms. The zero-order valence-corrected chi connectivity index (χ0v) is 16.5. The summed E-state index contributed by atoms with van der Waals surface area (Å²) in [6, 6.07) is 12.6. The first-order valence-electron chi connectivity index (χ1n) is 7.79. The van der Waals surface area contributed by atoms with Gasteiger partial charge in [-0.05, 0) is 60.1 Å². The lowest BCUT2D eigenvalue weighted by Crippen LogP contribution is -2.20. The SMILES string of the molecule is CNc1c(Cl)cccc1NC(=S)Nc1ccc(NC(=O)c2csnn2)cc1. The van der Waals surface area contributed by atoms with Crippen LogP contribution in [0.2, 0.25) is 5.02 Å². The molecule has 0 radical (unpaired) electrons. The summed E-state index contributed by atoms with van der Waals surface area (Å²) >= 11 is 12.6. The number of nitrogens with zero attached hydrogens (tertiary/aromatic N) is 2. The van der Waals surface area contributed by atoms with Crippen LogP contribution in [0.5, 0.6) is 0 Å². The van der Waals surface area contributed by atoms with Crippen LogP contribution in [0.3, 0.4) is 0 Å². The van der Waals surface area contributed by atoms with E-state index in [-0.39, 0.29) is 11.6 Å². The first-order valence-corrected chi connectivity index (χ1v) is 9.42. The maximum atomic E-state index is 12.0. The van der Waals surface area contributed by atoms with Gasteiger partial charge in [0.15, 0.2) is 10.8 Å². The van der Waals surface area contributed by atoms with Crippen LogP contribution in [-0.4, -0.2) is 27.7 Å². The highest BCUT2D eigenvalue weighted by molar-refractivity contribution is 7.80. The van der Waals surface area contributed by atoms with Crippen molar-refractivity contribution in [2.75, 3.05) is 28.3 Å². The van der Waals surface area contributed by atoms with E-state index in [1.807, 2.05) is 12.1 Å². The molecule has 0 aliphatic carbocycles. The lowest BCUT2D eigenvalue weighted by molar-refractivity contribution is 0.102. The Labute approximate surface area is 170 Å². The number of anilines is 4. The van der Waals surface area contributed by atoms with Gasteiger partial charge in [0.05, 0.1) is 16.4 Å². The minimum Gasteiger partial charge on any atom is -0.385 e. The molecule has 3 aromatic rings. The minimum atomic E-state index is -0.304. The third-order valence-electron chi connectivity index (χ3n) is 3.51. The van der Waals surface area contributed by atoms with Gasteiger partial charge in [0, 0.05) is 23.8 Å². The predicted molar refractivity (Wildman–Crippen MR) is 115 cm³/mol. The first kappa shape index (κ1) is 19.0. The van der Waals surface area contributed by atoms with Gasteiger partial charge >= 0.3 is 0 Å². The highest BCUT2D eigenvalue weighted by atomic mass is 35.5. The number of benzene rings is 2. The van der Waals surface area contributed by atoms with Gasteiger partial charge in [0.2, 0.25) is 0 Å². The van der Waals surface area contributed by atoms with Crippen LogP contribution < -0.4 is 21.3 Å². The van der Waals surface area contributed by atoms with E-state index < -0.39 is 0 Å². The molecular weight excluding hydrogens is 404 g/mol. The van der Waals surface area contributed by atoms with Crippen molar-refractivity contribution in [2.45, 2.75) is 0 Å². The third kappa shape index (κ3) is 4.91. The monoisotopic (exact) mass is 418 g/mol. The van der Waals surface area contributed by atoms with Crippen molar-refractivity contribution in [3.8, 4) is 0 Å². The van der Waals surface area contributed by atoms with Gasteiger partial charge in [-0.2, -0.15) is 0 Å². The van der Waals surface area contributed by atoms with Crippen molar-refractivity contribution in [1.82, 2.24) is 9.59 Å². The number of carbonyl (C=O) groups is 1. The van der Waals surface area contributed by atoms with Crippen molar-refractivity contribution in [3.63, 3.8) is 0 Å². The van der Waals surface area contributed by atoms with E-state index in [1.165, 1.54) is 0 Å². The molecule has 0 atom stereocenters. The molecule has 1 amide bonds. The Kier molecular flexibility index (Phi) is 6.17. The van der Waals surface area contributed by atoms with Crippen molar-refractivity contribution >= 4 is 69.1 Å². The Morgan fingerprint density at radius 3 is 2.41 bits per heavy atom. The average Bonchev–Trinajstić information content (AvgIpc) is 3.18. The summed E-state index contributed by atoms with van der Waals surface area (Å²) in [5, 5.41) is 18.3. The molecule has 0 fully saturated rings. The molecule has 4 N–H and O–H groups in total. The Morgan fingerprint density at radius 2 is 1.78 bits per heavy atom. The quantitative estimate of drug-likeness (QED) is 0.459. The summed E-state index contributed by atoms with van der Waals surface area (Å²) in [6.07, 6.45) is 0. The Morgan fingerprint density at radius 1 is 1.07 bits per heavy atom. The number of aromatic nitrogens is 2. The van der Waals surface area contributed by atoms with E-state index in [0.29, 0.717) is 15.8 Å². The van der Waals surface area contributed by atoms with Gasteiger partial charge in [-0.3, -0.25) is 4.79 Å². The van der Waals surface area contributed by atoms with E-state index in [1.54, 1.807) is 42.8 Å². The summed E-state index contributed by atoms with van der Waals surface area (Å²) in [5.74, 6) is -0.304. The predicted octanol–water partition coefficient (Wildman–Crippen LogP) is 4.29. The molecule has 138 valence electrons. The summed E-state index contributed by atoms with van der Waals surface area (Å²) in [4.78, 5) is 12.0. The molecule has 3 rings (SSSR count). The van der Waals surface area contributed by atoms with Gasteiger partial charge in [0.1, 0.15) is 0 Å². The lowest BCUT2D eigenvalue weighted by Gasteiger charge is -2.15. The third-order valence-corrected chi connectivity index (χ3v) is 4.53. The Hall–Kier alpha value is -2.75. The molecule has 0 saturated carbocycles. The lowest BCUT2D eigenvalue weighted by atomic mass is 10.2. The van der Waals surface area contributed by atoms with Crippen molar-refractivity contribution in [1.29, 1.82) is 0 Å². The standard InChI is InChI=1S/C17H15ClN6OS2/c1-19-15-12(18)3-2-4-13(15)22-17(26)21-11-7-5-10(6-8-11)20-16(25)14-9-27-24-23-14/h2-9,19H,1H3,(H,20,25)(H2,21,22,26). The number of carbonyl (C=O) groups excluding carboxylic acids is 1. The molecular formula is C17H15ClN6OS2. The molecule has 7 nitrogen and oxygen atoms in total. The zero-order chi connectivity index (χ0) is 19.2. The number of rotatable bonds is 5. The fourth-order valence-corrected chi connectivity index (χ4v) is 3.20. The average molecular weight is 419 g/mol. The second kappa shape index (κ2) is 8.76. The van der Waals surface area contributed by atoms with E-state index in [2.05, 4.69) is 30.9 Å². The summed E-state index contributed by atoms with van der Waals surface area (Å²) in [5.41, 5.74) is 3.23. The zero-order valence-electron chi connectivity index (χ0n) is 14.1. The fraction of sp³-hybridized carbons (Fsp3) is 0.0588. The molecule has 0 spiro atoms. The van der Waals surface area contributed by atoms with Crippen LogP contribution in [0, 0.1) is 0 Å². The van der Waals surface area contributed by atoms with Crippen LogP contribution in [0.4, 0.5) is 22.7 Å². The molecule has 0 saturated heterocycles. The van der Waals surface area contributed by atoms with E-state index >= 15 is 0 Å². The molecule has 1 heterocycles. The van der Waals surface area contributed by atoms with Crippen molar-refractivity contribution in [2.24, 2.45) is 0 Å². The van der Waals surface area contributed by atoms with Gasteiger partial charge < -0.3 is 21.3 Å². The molecule has 0 unspecified atom stereocenters. The molecule has 0 aliphatic rings. The van der Waals surface area contributed by atoms with Crippen LogP contribution in [0.25, 0.3) is 0 Å². The van der Waals surface area contributed by atoms with E-state index in [9.17, 15) is 4.79 Å². The number of thiocarbonyl (C=S) groups is 1. The molecule has 1 aromatic heterocycles. The highest BCUT2D eigenvalue weighted by Gasteiger charge is 2.09. The molecule has 0 aliphatic heterocycles. The molecule has 2 aromatic carbocycles. The van der Waals surface area contributed by atoms with Crippen LogP contribution in [-0.2, 0) is 0 Å². The Balaban J connectivity index is 1.60. The number of hydrogen-bond acceptors (Lipinski definition) is 6. The summed E-state index contributed by atoms with van der Waals surface area (Å²) in [6.45, 7) is 0. The minimum absolute atomic E-state index is 0.287. The molecule has 10 heteroatoms. The fourth-order valence-electron chi connectivity index (χ4n) is 2.26. The smallest absolute Gasteiger partial charge is 0.277 e. The van der Waals surface area contributed by atoms with E-state index in [4.69, 9.17) is 23.8 Å². The summed E-state index contributed by atoms with van der Waals surface area (Å²) < 4.78 is 3.67. The largest absolute Gasteiger partial charge is 0.385 e. The first-order chi connectivity index (χ1) is 13.1. The van der Waals surface area contributed by atoms with E-state index in [0.717, 1.165) is 28.6 Å². The number of amides is 1. The number of para-hydroxylation sites is 1. The van der Waals surface area contributed by atoms with Gasteiger partial charge in [-0.25, -0.2) is 0 Å². The maximum Gasteiger partial charge on any atom is 0.277 e. The number of hydrogen-bond donors (Lipinski definition) is 4. The van der Waals surface area contributed by atoms with Crippen LogP contribution in [0.15, 0.2) is 47.8 Å². The number of halogens is 1. The second-order valence-corrected chi connectivity index (χ2v) is 6.74. The van der Waals surface area contributed by atoms with Gasteiger partial charge in [-0.1, -0.05) is 22.2 Å². The van der Waals surface area contributed by atoms with Crippen LogP contribution >= 0.6 is 35.4 Å². The highest BCUT2D eigenvalue weighted by Crippen LogP contribution is 2.29. The maximum absolute atomic E-state index is 12.0. The van der Waals surface area contributed by atoms with Crippen LogP contribution in [0.1, 0.15) is 10.5 Å². The number of nitrogens with one attached hydrogen (secondary N) is 4. The molecule has 27 heavy (non-hydrogen) atoms. The van der Waals surface area contributed by atoms with Gasteiger partial charge in [0.25, 0.3) is 5.91 Å². The van der Waals surface area contributed by atoms with Gasteiger partial charge in [-0.15, -0.1) is 5.10 Å².